The molecule has 0 saturated carbocycles. The number of nitrogens with one attached hydrogen (secondary N) is 2. The number of carbonyl (C=O) groups excluding carboxylic acids is 1. The van der Waals surface area contributed by atoms with E-state index in [4.69, 9.17) is 0 Å². The number of aryl methyl sites for hydroxylation is 1. The lowest BCUT2D eigenvalue weighted by atomic mass is 10.2. The number of aromatic amines is 1. The molecule has 0 amide bonds. The van der Waals surface area contributed by atoms with E-state index in [9.17, 15) is 9.59 Å². The van der Waals surface area contributed by atoms with Gasteiger partial charge in [0.25, 0.3) is 0 Å². The predicted molar refractivity (Wildman–Crippen MR) is 64.7 cm³/mol. The van der Waals surface area contributed by atoms with Crippen molar-refractivity contribution in [3.05, 3.63) is 52.2 Å². The van der Waals surface area contributed by atoms with E-state index in [1.165, 1.54) is 6.20 Å². The van der Waals surface area contributed by atoms with Gasteiger partial charge in [-0.1, -0.05) is 0 Å². The van der Waals surface area contributed by atoms with Gasteiger partial charge in [0.1, 0.15) is 6.29 Å². The zero-order valence-corrected chi connectivity index (χ0v) is 9.23. The summed E-state index contributed by atoms with van der Waals surface area (Å²) in [6, 6.07) is 7.00. The lowest BCUT2D eigenvalue weighted by Gasteiger charge is -2.08. The third-order valence-corrected chi connectivity index (χ3v) is 2.34. The highest BCUT2D eigenvalue weighted by atomic mass is 16.1. The fourth-order valence-electron chi connectivity index (χ4n) is 1.41. The van der Waals surface area contributed by atoms with Crippen LogP contribution in [0.1, 0.15) is 16.1 Å². The van der Waals surface area contributed by atoms with Crippen LogP contribution in [0.3, 0.4) is 0 Å². The Morgan fingerprint density at radius 2 is 2.00 bits per heavy atom. The second-order valence-corrected chi connectivity index (χ2v) is 3.59. The smallest absolute Gasteiger partial charge is 0.345 e. The van der Waals surface area contributed by atoms with E-state index < -0.39 is 0 Å². The van der Waals surface area contributed by atoms with Crippen LogP contribution in [0.25, 0.3) is 0 Å². The molecule has 0 aliphatic rings. The summed E-state index contributed by atoms with van der Waals surface area (Å²) in [5, 5.41) is 3.10. The molecule has 5 heteroatoms. The Kier molecular flexibility index (Phi) is 3.00. The van der Waals surface area contributed by atoms with Crippen LogP contribution in [-0.2, 0) is 0 Å². The third-order valence-electron chi connectivity index (χ3n) is 2.34. The van der Waals surface area contributed by atoms with Gasteiger partial charge in [0.05, 0.1) is 11.9 Å². The van der Waals surface area contributed by atoms with Gasteiger partial charge in [-0.05, 0) is 31.2 Å². The maximum Gasteiger partial charge on any atom is 0.345 e. The average molecular weight is 229 g/mol. The van der Waals surface area contributed by atoms with Crippen LogP contribution in [0.2, 0.25) is 0 Å². The first kappa shape index (κ1) is 11.1. The minimum atomic E-state index is -0.371. The zero-order valence-electron chi connectivity index (χ0n) is 9.23. The van der Waals surface area contributed by atoms with Gasteiger partial charge in [-0.3, -0.25) is 4.79 Å². The predicted octanol–water partition coefficient (Wildman–Crippen LogP) is 1.63. The molecule has 86 valence electrons. The summed E-state index contributed by atoms with van der Waals surface area (Å²) in [7, 11) is 0. The number of aromatic nitrogens is 2. The molecule has 0 saturated heterocycles. The van der Waals surface area contributed by atoms with Gasteiger partial charge < -0.3 is 10.3 Å². The maximum atomic E-state index is 10.9. The molecule has 0 unspecified atom stereocenters. The normalized spacial score (nSPS) is 9.94. The SMILES string of the molecule is Cc1[nH]c(=O)ncc1Nc1ccc(C=O)cc1. The Balaban J connectivity index is 2.25. The number of hydrogen-bond donors (Lipinski definition) is 2. The second kappa shape index (κ2) is 4.61. The number of aldehydes is 1. The third kappa shape index (κ3) is 2.57. The molecule has 17 heavy (non-hydrogen) atoms. The molecule has 1 aromatic carbocycles. The molecule has 2 rings (SSSR count). The van der Waals surface area contributed by atoms with Crippen molar-refractivity contribution in [2.45, 2.75) is 6.92 Å². The Hall–Kier alpha value is -2.43. The number of hydrogen-bond acceptors (Lipinski definition) is 4. The molecule has 1 heterocycles. The standard InChI is InChI=1S/C12H11N3O2/c1-8-11(6-13-12(17)14-8)15-10-4-2-9(7-16)3-5-10/h2-7,15H,1H3,(H,13,14,17). The Labute approximate surface area is 97.5 Å². The number of carbonyl (C=O) groups is 1. The number of benzene rings is 1. The largest absolute Gasteiger partial charge is 0.353 e. The van der Waals surface area contributed by atoms with Crippen molar-refractivity contribution in [3.63, 3.8) is 0 Å². The number of anilines is 2. The Morgan fingerprint density at radius 1 is 1.29 bits per heavy atom. The first-order valence-electron chi connectivity index (χ1n) is 5.07. The highest BCUT2D eigenvalue weighted by Crippen LogP contribution is 2.17. The van der Waals surface area contributed by atoms with Crippen molar-refractivity contribution in [1.29, 1.82) is 0 Å². The van der Waals surface area contributed by atoms with Crippen molar-refractivity contribution >= 4 is 17.7 Å². The topological polar surface area (TPSA) is 74.8 Å². The molecule has 0 aliphatic heterocycles. The highest BCUT2D eigenvalue weighted by molar-refractivity contribution is 5.76. The molecule has 0 radical (unpaired) electrons. The van der Waals surface area contributed by atoms with Gasteiger partial charge in [-0.25, -0.2) is 4.79 Å². The quantitative estimate of drug-likeness (QED) is 0.784. The van der Waals surface area contributed by atoms with Crippen LogP contribution >= 0.6 is 0 Å². The molecule has 0 fully saturated rings. The van der Waals surface area contributed by atoms with E-state index in [1.807, 2.05) is 0 Å². The van der Waals surface area contributed by atoms with Crippen LogP contribution in [0.4, 0.5) is 11.4 Å². The summed E-state index contributed by atoms with van der Waals surface area (Å²) < 4.78 is 0. The lowest BCUT2D eigenvalue weighted by Crippen LogP contribution is -2.12. The number of H-pyrrole nitrogens is 1. The van der Waals surface area contributed by atoms with E-state index >= 15 is 0 Å². The average Bonchev–Trinajstić information content (AvgIpc) is 2.34. The second-order valence-electron chi connectivity index (χ2n) is 3.59. The maximum absolute atomic E-state index is 10.9. The fraction of sp³-hybridized carbons (Fsp3) is 0.0833. The first-order valence-corrected chi connectivity index (χ1v) is 5.07. The van der Waals surface area contributed by atoms with E-state index in [1.54, 1.807) is 31.2 Å². The molecule has 0 atom stereocenters. The van der Waals surface area contributed by atoms with Gasteiger partial charge in [-0.2, -0.15) is 4.98 Å². The van der Waals surface area contributed by atoms with Gasteiger partial charge in [-0.15, -0.1) is 0 Å². The lowest BCUT2D eigenvalue weighted by molar-refractivity contribution is 0.112. The first-order chi connectivity index (χ1) is 8.19. The molecule has 0 bridgehead atoms. The molecule has 0 spiro atoms. The van der Waals surface area contributed by atoms with Gasteiger partial charge in [0.2, 0.25) is 0 Å². The molecule has 1 aromatic heterocycles. The highest BCUT2D eigenvalue weighted by Gasteiger charge is 2.00. The van der Waals surface area contributed by atoms with Crippen LogP contribution in [0, 0.1) is 6.92 Å². The van der Waals surface area contributed by atoms with Crippen molar-refractivity contribution in [1.82, 2.24) is 9.97 Å². The van der Waals surface area contributed by atoms with Crippen LogP contribution in [-0.4, -0.2) is 16.3 Å². The molecule has 0 aliphatic carbocycles. The van der Waals surface area contributed by atoms with E-state index in [2.05, 4.69) is 15.3 Å². The molecular weight excluding hydrogens is 218 g/mol. The molecular formula is C12H11N3O2. The number of rotatable bonds is 3. The van der Waals surface area contributed by atoms with Gasteiger partial charge >= 0.3 is 5.69 Å². The minimum absolute atomic E-state index is 0.371. The van der Waals surface area contributed by atoms with Crippen LogP contribution in [0.5, 0.6) is 0 Å². The zero-order chi connectivity index (χ0) is 12.3. The van der Waals surface area contributed by atoms with Crippen molar-refractivity contribution in [2.75, 3.05) is 5.32 Å². The molecule has 2 N–H and O–H groups in total. The van der Waals surface area contributed by atoms with Crippen molar-refractivity contribution in [2.24, 2.45) is 0 Å². The van der Waals surface area contributed by atoms with Gasteiger partial charge in [0, 0.05) is 16.9 Å². The van der Waals surface area contributed by atoms with Gasteiger partial charge in [0.15, 0.2) is 0 Å². The summed E-state index contributed by atoms with van der Waals surface area (Å²) >= 11 is 0. The summed E-state index contributed by atoms with van der Waals surface area (Å²) in [5.41, 5.74) is 2.51. The number of nitrogens with zero attached hydrogens (tertiary/aromatic N) is 1. The van der Waals surface area contributed by atoms with Crippen molar-refractivity contribution < 1.29 is 4.79 Å². The van der Waals surface area contributed by atoms with E-state index in [0.29, 0.717) is 11.3 Å². The Bertz CT molecular complexity index is 587. The van der Waals surface area contributed by atoms with Crippen LogP contribution < -0.4 is 11.0 Å². The molecule has 2 aromatic rings. The summed E-state index contributed by atoms with van der Waals surface area (Å²) in [6.45, 7) is 1.78. The van der Waals surface area contributed by atoms with E-state index in [0.717, 1.165) is 17.7 Å². The summed E-state index contributed by atoms with van der Waals surface area (Å²) in [5.74, 6) is 0. The van der Waals surface area contributed by atoms with Crippen LogP contribution in [0.15, 0.2) is 35.3 Å². The van der Waals surface area contributed by atoms with Crippen molar-refractivity contribution in [3.8, 4) is 0 Å². The summed E-state index contributed by atoms with van der Waals surface area (Å²) in [6.07, 6.45) is 2.26. The minimum Gasteiger partial charge on any atom is -0.353 e. The monoisotopic (exact) mass is 229 g/mol. The molecule has 5 nitrogen and oxygen atoms in total. The summed E-state index contributed by atoms with van der Waals surface area (Å²) in [4.78, 5) is 27.7. The Morgan fingerprint density at radius 3 is 2.59 bits per heavy atom. The fourth-order valence-corrected chi connectivity index (χ4v) is 1.41. The van der Waals surface area contributed by atoms with E-state index in [-0.39, 0.29) is 5.69 Å².